The number of carbonyl (C=O) groups is 4. The summed E-state index contributed by atoms with van der Waals surface area (Å²) in [6, 6.07) is 19.6. The molecule has 0 bridgehead atoms. The lowest BCUT2D eigenvalue weighted by Crippen LogP contribution is -2.47. The number of hydrogen-bond donors (Lipinski definition) is 2. The zero-order valence-electron chi connectivity index (χ0n) is 18.6. The fourth-order valence-electron chi connectivity index (χ4n) is 4.07. The second-order valence-electron chi connectivity index (χ2n) is 7.93. The van der Waals surface area contributed by atoms with Crippen LogP contribution >= 0.6 is 11.3 Å². The lowest BCUT2D eigenvalue weighted by molar-refractivity contribution is -0.120. The smallest absolute Gasteiger partial charge is 0.262 e. The van der Waals surface area contributed by atoms with Crippen molar-refractivity contribution in [3.63, 3.8) is 0 Å². The molecule has 1 atom stereocenters. The molecule has 0 spiro atoms. The number of anilines is 2. The highest BCUT2D eigenvalue weighted by atomic mass is 32.1. The van der Waals surface area contributed by atoms with E-state index in [-0.39, 0.29) is 28.8 Å². The van der Waals surface area contributed by atoms with E-state index in [0.29, 0.717) is 5.13 Å². The minimum absolute atomic E-state index is 0.220. The quantitative estimate of drug-likeness (QED) is 0.390. The molecule has 2 N–H and O–H groups in total. The average molecular weight is 485 g/mol. The predicted octanol–water partition coefficient (Wildman–Crippen LogP) is 4.56. The van der Waals surface area contributed by atoms with Crippen molar-refractivity contribution < 1.29 is 19.2 Å². The molecule has 35 heavy (non-hydrogen) atoms. The summed E-state index contributed by atoms with van der Waals surface area (Å²) < 4.78 is 0.941. The normalized spacial score (nSPS) is 13.6. The zero-order valence-corrected chi connectivity index (χ0v) is 19.5. The Bertz CT molecular complexity index is 1430. The SMILES string of the molecule is CC[C@H](C(=O)Nc1ccccc1C(=O)Nc1nc2ccccc2s1)N1C(=O)c2ccccc2C1=O. The number of benzene rings is 3. The lowest BCUT2D eigenvalue weighted by Gasteiger charge is -2.24. The standard InChI is InChI=1S/C26H20N4O4S/c1-2-20(30-24(33)15-9-3-4-10-16(15)25(30)34)23(32)27-18-12-6-5-11-17(18)22(31)29-26-28-19-13-7-8-14-21(19)35-26/h3-14,20H,2H2,1H3,(H,27,32)(H,28,29,31)/t20-/m1/s1. The van der Waals surface area contributed by atoms with Gasteiger partial charge >= 0.3 is 0 Å². The number of thiazole rings is 1. The van der Waals surface area contributed by atoms with E-state index in [1.807, 2.05) is 24.3 Å². The van der Waals surface area contributed by atoms with Crippen molar-refractivity contribution in [3.8, 4) is 0 Å². The van der Waals surface area contributed by atoms with Gasteiger partial charge in [-0.25, -0.2) is 4.98 Å². The van der Waals surface area contributed by atoms with Crippen LogP contribution in [0.4, 0.5) is 10.8 Å². The van der Waals surface area contributed by atoms with E-state index in [4.69, 9.17) is 0 Å². The highest BCUT2D eigenvalue weighted by Gasteiger charge is 2.42. The fourth-order valence-corrected chi connectivity index (χ4v) is 4.93. The van der Waals surface area contributed by atoms with Gasteiger partial charge in [0.15, 0.2) is 5.13 Å². The first-order valence-electron chi connectivity index (χ1n) is 11.0. The van der Waals surface area contributed by atoms with Gasteiger partial charge in [0.25, 0.3) is 17.7 Å². The molecule has 0 radical (unpaired) electrons. The van der Waals surface area contributed by atoms with E-state index in [1.165, 1.54) is 11.3 Å². The van der Waals surface area contributed by atoms with E-state index >= 15 is 0 Å². The average Bonchev–Trinajstić information content (AvgIpc) is 3.39. The summed E-state index contributed by atoms with van der Waals surface area (Å²) in [6.45, 7) is 1.72. The molecular formula is C26H20N4O4S. The van der Waals surface area contributed by atoms with Crippen molar-refractivity contribution in [1.29, 1.82) is 0 Å². The largest absolute Gasteiger partial charge is 0.324 e. The van der Waals surface area contributed by atoms with Gasteiger partial charge in [0.1, 0.15) is 6.04 Å². The number of imide groups is 1. The summed E-state index contributed by atoms with van der Waals surface area (Å²) >= 11 is 1.35. The number of para-hydroxylation sites is 2. The first kappa shape index (κ1) is 22.4. The van der Waals surface area contributed by atoms with E-state index in [1.54, 1.807) is 55.5 Å². The van der Waals surface area contributed by atoms with E-state index in [0.717, 1.165) is 15.1 Å². The predicted molar refractivity (Wildman–Crippen MR) is 134 cm³/mol. The number of rotatable bonds is 6. The van der Waals surface area contributed by atoms with Gasteiger partial charge in [-0.1, -0.05) is 54.7 Å². The van der Waals surface area contributed by atoms with Crippen LogP contribution in [0.3, 0.4) is 0 Å². The third-order valence-electron chi connectivity index (χ3n) is 5.77. The number of aromatic nitrogens is 1. The lowest BCUT2D eigenvalue weighted by atomic mass is 10.1. The van der Waals surface area contributed by atoms with Gasteiger partial charge in [-0.15, -0.1) is 0 Å². The number of carbonyl (C=O) groups excluding carboxylic acids is 4. The Kier molecular flexibility index (Phi) is 5.84. The van der Waals surface area contributed by atoms with Crippen LogP contribution in [-0.4, -0.2) is 39.6 Å². The maximum atomic E-state index is 13.2. The van der Waals surface area contributed by atoms with Crippen LogP contribution in [-0.2, 0) is 4.79 Å². The van der Waals surface area contributed by atoms with E-state index < -0.39 is 29.7 Å². The molecule has 0 unspecified atom stereocenters. The molecule has 174 valence electrons. The number of nitrogens with zero attached hydrogens (tertiary/aromatic N) is 2. The number of nitrogens with one attached hydrogen (secondary N) is 2. The van der Waals surface area contributed by atoms with E-state index in [9.17, 15) is 19.2 Å². The van der Waals surface area contributed by atoms with Crippen LogP contribution < -0.4 is 10.6 Å². The Hall–Kier alpha value is -4.37. The molecule has 1 aromatic heterocycles. The molecule has 2 heterocycles. The van der Waals surface area contributed by atoms with Crippen LogP contribution in [0.15, 0.2) is 72.8 Å². The molecule has 5 rings (SSSR count). The van der Waals surface area contributed by atoms with Crippen molar-refractivity contribution >= 4 is 56.0 Å². The monoisotopic (exact) mass is 484 g/mol. The third kappa shape index (κ3) is 4.06. The molecule has 1 aliphatic rings. The highest BCUT2D eigenvalue weighted by molar-refractivity contribution is 7.22. The molecule has 0 saturated carbocycles. The van der Waals surface area contributed by atoms with Gasteiger partial charge in [-0.2, -0.15) is 0 Å². The van der Waals surface area contributed by atoms with Crippen molar-refractivity contribution in [1.82, 2.24) is 9.88 Å². The Morgan fingerprint density at radius 3 is 2.20 bits per heavy atom. The van der Waals surface area contributed by atoms with Crippen molar-refractivity contribution in [2.75, 3.05) is 10.6 Å². The van der Waals surface area contributed by atoms with Crippen molar-refractivity contribution in [3.05, 3.63) is 89.5 Å². The molecule has 4 amide bonds. The van der Waals surface area contributed by atoms with Gasteiger partial charge in [-0.3, -0.25) is 29.4 Å². The molecule has 1 aliphatic heterocycles. The van der Waals surface area contributed by atoms with Gasteiger partial charge in [-0.05, 0) is 42.8 Å². The minimum Gasteiger partial charge on any atom is -0.324 e. The summed E-state index contributed by atoms with van der Waals surface area (Å²) in [7, 11) is 0. The summed E-state index contributed by atoms with van der Waals surface area (Å²) in [5.41, 5.74) is 1.84. The molecule has 0 saturated heterocycles. The first-order valence-corrected chi connectivity index (χ1v) is 11.8. The Balaban J connectivity index is 1.36. The number of fused-ring (bicyclic) bond motifs is 2. The minimum atomic E-state index is -1.03. The van der Waals surface area contributed by atoms with Gasteiger partial charge in [0.2, 0.25) is 5.91 Å². The van der Waals surface area contributed by atoms with Crippen LogP contribution in [0, 0.1) is 0 Å². The van der Waals surface area contributed by atoms with E-state index in [2.05, 4.69) is 15.6 Å². The van der Waals surface area contributed by atoms with Gasteiger partial charge in [0, 0.05) is 0 Å². The molecule has 4 aromatic rings. The maximum absolute atomic E-state index is 13.2. The summed E-state index contributed by atoms with van der Waals surface area (Å²) in [5.74, 6) is -2.00. The molecule has 0 aliphatic carbocycles. The van der Waals surface area contributed by atoms with Crippen LogP contribution in [0.25, 0.3) is 10.2 Å². The molecule has 8 nitrogen and oxygen atoms in total. The Labute approximate surface area is 204 Å². The van der Waals surface area contributed by atoms with Gasteiger partial charge in [0.05, 0.1) is 32.6 Å². The summed E-state index contributed by atoms with van der Waals surface area (Å²) in [6.07, 6.45) is 0.220. The Morgan fingerprint density at radius 1 is 0.886 bits per heavy atom. The zero-order chi connectivity index (χ0) is 24.5. The number of hydrogen-bond acceptors (Lipinski definition) is 6. The number of amides is 4. The Morgan fingerprint density at radius 2 is 1.51 bits per heavy atom. The second-order valence-corrected chi connectivity index (χ2v) is 8.96. The second kappa shape index (κ2) is 9.11. The van der Waals surface area contributed by atoms with Crippen LogP contribution in [0.1, 0.15) is 44.4 Å². The molecule has 9 heteroatoms. The van der Waals surface area contributed by atoms with Crippen LogP contribution in [0.2, 0.25) is 0 Å². The first-order chi connectivity index (χ1) is 17.0. The topological polar surface area (TPSA) is 108 Å². The molecular weight excluding hydrogens is 464 g/mol. The molecule has 0 fully saturated rings. The maximum Gasteiger partial charge on any atom is 0.262 e. The van der Waals surface area contributed by atoms with Gasteiger partial charge < -0.3 is 5.32 Å². The van der Waals surface area contributed by atoms with Crippen molar-refractivity contribution in [2.24, 2.45) is 0 Å². The summed E-state index contributed by atoms with van der Waals surface area (Å²) in [4.78, 5) is 57.4. The van der Waals surface area contributed by atoms with Crippen molar-refractivity contribution in [2.45, 2.75) is 19.4 Å². The fraction of sp³-hybridized carbons (Fsp3) is 0.115. The van der Waals surface area contributed by atoms with Crippen LogP contribution in [0.5, 0.6) is 0 Å². The molecule has 3 aromatic carbocycles. The highest BCUT2D eigenvalue weighted by Crippen LogP contribution is 2.28. The third-order valence-corrected chi connectivity index (χ3v) is 6.72. The summed E-state index contributed by atoms with van der Waals surface area (Å²) in [5, 5.41) is 5.96.